The second-order valence-corrected chi connectivity index (χ2v) is 5.08. The molecule has 0 atom stereocenters. The average molecular weight is 219 g/mol. The first-order chi connectivity index (χ1) is 7.51. The van der Waals surface area contributed by atoms with Gasteiger partial charge in [0.05, 0.1) is 6.33 Å². The molecule has 0 aliphatic heterocycles. The van der Waals surface area contributed by atoms with Crippen molar-refractivity contribution in [3.05, 3.63) is 12.7 Å². The van der Waals surface area contributed by atoms with Gasteiger partial charge in [-0.15, -0.1) is 0 Å². The summed E-state index contributed by atoms with van der Waals surface area (Å²) in [5.74, 6) is 0.776. The van der Waals surface area contributed by atoms with Gasteiger partial charge in [-0.05, 0) is 5.41 Å². The van der Waals surface area contributed by atoms with Crippen LogP contribution in [0.3, 0.4) is 0 Å². The van der Waals surface area contributed by atoms with Crippen LogP contribution in [0.5, 0.6) is 0 Å². The number of hydrogen-bond acceptors (Lipinski definition) is 4. The molecule has 86 valence electrons. The minimum absolute atomic E-state index is 0.207. The zero-order valence-corrected chi connectivity index (χ0v) is 10.2. The van der Waals surface area contributed by atoms with Crippen LogP contribution in [0.1, 0.15) is 20.8 Å². The molecule has 0 saturated heterocycles. The van der Waals surface area contributed by atoms with E-state index in [1.165, 1.54) is 0 Å². The fourth-order valence-corrected chi connectivity index (χ4v) is 1.69. The smallest absolute Gasteiger partial charge is 0.165 e. The first-order valence-electron chi connectivity index (χ1n) is 5.35. The van der Waals surface area contributed by atoms with Crippen molar-refractivity contribution < 1.29 is 0 Å². The van der Waals surface area contributed by atoms with Gasteiger partial charge in [0.2, 0.25) is 0 Å². The van der Waals surface area contributed by atoms with Gasteiger partial charge in [0, 0.05) is 13.6 Å². The van der Waals surface area contributed by atoms with Crippen LogP contribution in [-0.4, -0.2) is 26.6 Å². The Kier molecular flexibility index (Phi) is 2.53. The van der Waals surface area contributed by atoms with E-state index in [1.54, 1.807) is 6.33 Å². The number of imidazole rings is 1. The van der Waals surface area contributed by atoms with Crippen LogP contribution in [0.25, 0.3) is 11.2 Å². The van der Waals surface area contributed by atoms with Gasteiger partial charge in [-0.25, -0.2) is 15.0 Å². The second-order valence-electron chi connectivity index (χ2n) is 5.08. The zero-order chi connectivity index (χ0) is 11.8. The summed E-state index contributed by atoms with van der Waals surface area (Å²) in [6.45, 7) is 7.47. The quantitative estimate of drug-likeness (QED) is 0.838. The molecule has 0 saturated carbocycles. The Hall–Kier alpha value is -1.65. The normalized spacial score (nSPS) is 12.0. The van der Waals surface area contributed by atoms with E-state index in [0.717, 1.165) is 23.5 Å². The largest absolute Gasteiger partial charge is 0.371 e. The van der Waals surface area contributed by atoms with Gasteiger partial charge >= 0.3 is 0 Å². The minimum atomic E-state index is 0.207. The van der Waals surface area contributed by atoms with Gasteiger partial charge in [0.1, 0.15) is 11.8 Å². The molecule has 0 radical (unpaired) electrons. The van der Waals surface area contributed by atoms with Gasteiger partial charge in [-0.2, -0.15) is 0 Å². The Morgan fingerprint density at radius 3 is 2.62 bits per heavy atom. The van der Waals surface area contributed by atoms with Gasteiger partial charge < -0.3 is 9.88 Å². The number of anilines is 1. The third-order valence-corrected chi connectivity index (χ3v) is 2.28. The van der Waals surface area contributed by atoms with E-state index in [1.807, 2.05) is 13.4 Å². The number of nitrogens with one attached hydrogen (secondary N) is 1. The van der Waals surface area contributed by atoms with E-state index in [-0.39, 0.29) is 5.41 Å². The molecule has 0 fully saturated rings. The summed E-state index contributed by atoms with van der Waals surface area (Å²) in [5, 5.41) is 3.02. The Balaban J connectivity index is 2.49. The van der Waals surface area contributed by atoms with E-state index in [2.05, 4.69) is 45.6 Å². The fraction of sp³-hybridized carbons (Fsp3) is 0.545. The van der Waals surface area contributed by atoms with Crippen LogP contribution in [0.2, 0.25) is 0 Å². The first-order valence-corrected chi connectivity index (χ1v) is 5.35. The van der Waals surface area contributed by atoms with E-state index in [9.17, 15) is 0 Å². The van der Waals surface area contributed by atoms with Crippen molar-refractivity contribution in [3.63, 3.8) is 0 Å². The Morgan fingerprint density at radius 2 is 2.00 bits per heavy atom. The molecule has 0 amide bonds. The molecule has 1 N–H and O–H groups in total. The molecule has 2 rings (SSSR count). The molecule has 0 bridgehead atoms. The van der Waals surface area contributed by atoms with E-state index < -0.39 is 0 Å². The number of aromatic nitrogens is 4. The van der Waals surface area contributed by atoms with E-state index in [0.29, 0.717) is 0 Å². The lowest BCUT2D eigenvalue weighted by Crippen LogP contribution is -2.15. The predicted octanol–water partition coefficient (Wildman–Crippen LogP) is 1.91. The van der Waals surface area contributed by atoms with E-state index in [4.69, 9.17) is 0 Å². The Morgan fingerprint density at radius 1 is 1.25 bits per heavy atom. The van der Waals surface area contributed by atoms with Crippen molar-refractivity contribution in [3.8, 4) is 0 Å². The monoisotopic (exact) mass is 219 g/mol. The molecule has 0 aromatic carbocycles. The Bertz CT molecular complexity index is 495. The van der Waals surface area contributed by atoms with Gasteiger partial charge in [-0.1, -0.05) is 20.8 Å². The molecule has 2 aromatic rings. The van der Waals surface area contributed by atoms with Gasteiger partial charge in [0.25, 0.3) is 0 Å². The maximum atomic E-state index is 4.35. The second kappa shape index (κ2) is 3.73. The summed E-state index contributed by atoms with van der Waals surface area (Å²) in [7, 11) is 1.84. The molecule has 5 heteroatoms. The molecule has 2 aromatic heterocycles. The van der Waals surface area contributed by atoms with Crippen LogP contribution in [-0.2, 0) is 6.54 Å². The number of hydrogen-bond donors (Lipinski definition) is 1. The molecule has 2 heterocycles. The van der Waals surface area contributed by atoms with Crippen LogP contribution in [0.4, 0.5) is 5.82 Å². The van der Waals surface area contributed by atoms with Crippen molar-refractivity contribution in [1.82, 2.24) is 19.5 Å². The molecule has 0 spiro atoms. The van der Waals surface area contributed by atoms with Crippen LogP contribution < -0.4 is 5.32 Å². The molecule has 0 unspecified atom stereocenters. The molecule has 0 aliphatic rings. The van der Waals surface area contributed by atoms with Crippen LogP contribution in [0.15, 0.2) is 12.7 Å². The first kappa shape index (κ1) is 10.9. The predicted molar refractivity (Wildman–Crippen MR) is 64.3 cm³/mol. The summed E-state index contributed by atoms with van der Waals surface area (Å²) in [6, 6.07) is 0. The minimum Gasteiger partial charge on any atom is -0.371 e. The summed E-state index contributed by atoms with van der Waals surface area (Å²) in [6.07, 6.45) is 3.39. The topological polar surface area (TPSA) is 55.6 Å². The van der Waals surface area contributed by atoms with Crippen LogP contribution in [0, 0.1) is 5.41 Å². The Labute approximate surface area is 94.9 Å². The summed E-state index contributed by atoms with van der Waals surface area (Å²) >= 11 is 0. The number of nitrogens with zero attached hydrogens (tertiary/aromatic N) is 4. The summed E-state index contributed by atoms with van der Waals surface area (Å²) < 4.78 is 2.07. The lowest BCUT2D eigenvalue weighted by Gasteiger charge is -2.18. The SMILES string of the molecule is CNc1ncnc2c1ncn2CC(C)(C)C. The van der Waals surface area contributed by atoms with Crippen LogP contribution >= 0.6 is 0 Å². The molecule has 5 nitrogen and oxygen atoms in total. The zero-order valence-electron chi connectivity index (χ0n) is 10.2. The highest BCUT2D eigenvalue weighted by Crippen LogP contribution is 2.21. The van der Waals surface area contributed by atoms with Gasteiger partial charge in [-0.3, -0.25) is 0 Å². The molecular formula is C11H17N5. The van der Waals surface area contributed by atoms with Crippen molar-refractivity contribution in [1.29, 1.82) is 0 Å². The standard InChI is InChI=1S/C11H17N5/c1-11(2,3)5-16-7-15-8-9(12-4)13-6-14-10(8)16/h6-7H,5H2,1-4H3,(H,12,13,14). The van der Waals surface area contributed by atoms with E-state index >= 15 is 0 Å². The highest BCUT2D eigenvalue weighted by Gasteiger charge is 2.15. The number of fused-ring (bicyclic) bond motifs is 1. The third kappa shape index (κ3) is 1.98. The number of rotatable bonds is 2. The average Bonchev–Trinajstić information content (AvgIpc) is 2.59. The fourth-order valence-electron chi connectivity index (χ4n) is 1.69. The lowest BCUT2D eigenvalue weighted by atomic mass is 9.97. The molecule has 16 heavy (non-hydrogen) atoms. The van der Waals surface area contributed by atoms with Gasteiger partial charge in [0.15, 0.2) is 11.5 Å². The summed E-state index contributed by atoms with van der Waals surface area (Å²) in [5.41, 5.74) is 1.92. The maximum Gasteiger partial charge on any atom is 0.165 e. The highest BCUT2D eigenvalue weighted by atomic mass is 15.1. The van der Waals surface area contributed by atoms with Crippen molar-refractivity contribution >= 4 is 17.0 Å². The summed E-state index contributed by atoms with van der Waals surface area (Å²) in [4.78, 5) is 12.8. The van der Waals surface area contributed by atoms with Crippen molar-refractivity contribution in [2.45, 2.75) is 27.3 Å². The van der Waals surface area contributed by atoms with Crippen molar-refractivity contribution in [2.24, 2.45) is 5.41 Å². The lowest BCUT2D eigenvalue weighted by molar-refractivity contribution is 0.347. The van der Waals surface area contributed by atoms with Crippen molar-refractivity contribution in [2.75, 3.05) is 12.4 Å². The third-order valence-electron chi connectivity index (χ3n) is 2.28. The maximum absolute atomic E-state index is 4.35. The molecular weight excluding hydrogens is 202 g/mol. The highest BCUT2D eigenvalue weighted by molar-refractivity contribution is 5.82. The molecule has 0 aliphatic carbocycles.